The predicted molar refractivity (Wildman–Crippen MR) is 86.6 cm³/mol. The maximum absolute atomic E-state index is 6.00. The van der Waals surface area contributed by atoms with Crippen LogP contribution in [0.4, 0.5) is 0 Å². The van der Waals surface area contributed by atoms with Gasteiger partial charge in [-0.25, -0.2) is 0 Å². The van der Waals surface area contributed by atoms with E-state index in [0.717, 1.165) is 18.1 Å². The van der Waals surface area contributed by atoms with Gasteiger partial charge in [0.05, 0.1) is 20.3 Å². The molecule has 112 valence electrons. The predicted octanol–water partition coefficient (Wildman–Crippen LogP) is 4.48. The van der Waals surface area contributed by atoms with Crippen LogP contribution in [0.2, 0.25) is 0 Å². The Kier molecular flexibility index (Phi) is 6.24. The summed E-state index contributed by atoms with van der Waals surface area (Å²) in [4.78, 5) is 0. The molecule has 0 radical (unpaired) electrons. The highest BCUT2D eigenvalue weighted by Gasteiger charge is 2.29. The van der Waals surface area contributed by atoms with E-state index in [1.807, 2.05) is 18.2 Å². The first-order valence-corrected chi connectivity index (χ1v) is 8.23. The second kappa shape index (κ2) is 7.94. The Hall–Kier alpha value is -0.670. The summed E-state index contributed by atoms with van der Waals surface area (Å²) in [6.07, 6.45) is 7.90. The zero-order chi connectivity index (χ0) is 14.3. The minimum absolute atomic E-state index is 0.290. The highest BCUT2D eigenvalue weighted by molar-refractivity contribution is 7.80. The highest BCUT2D eigenvalue weighted by Crippen LogP contribution is 2.36. The van der Waals surface area contributed by atoms with Crippen LogP contribution >= 0.6 is 12.6 Å². The molecule has 3 heteroatoms. The van der Waals surface area contributed by atoms with E-state index in [2.05, 4.69) is 18.7 Å². The van der Waals surface area contributed by atoms with Gasteiger partial charge in [0.1, 0.15) is 5.75 Å². The molecule has 0 unspecified atom stereocenters. The maximum atomic E-state index is 6.00. The number of methoxy groups -OCH3 is 1. The molecule has 1 aliphatic carbocycles. The van der Waals surface area contributed by atoms with Crippen molar-refractivity contribution >= 4 is 12.6 Å². The van der Waals surface area contributed by atoms with Crippen molar-refractivity contribution in [1.29, 1.82) is 0 Å². The summed E-state index contributed by atoms with van der Waals surface area (Å²) in [7, 11) is 1.70. The number of hydrogen-bond donors (Lipinski definition) is 1. The fourth-order valence-corrected chi connectivity index (χ4v) is 3.38. The van der Waals surface area contributed by atoms with Gasteiger partial charge in [-0.3, -0.25) is 0 Å². The first-order valence-electron chi connectivity index (χ1n) is 7.60. The fourth-order valence-electron chi connectivity index (χ4n) is 2.97. The van der Waals surface area contributed by atoms with Crippen LogP contribution in [0.3, 0.4) is 0 Å². The lowest BCUT2D eigenvalue weighted by Crippen LogP contribution is -2.28. The molecule has 0 saturated heterocycles. The third kappa shape index (κ3) is 4.42. The van der Waals surface area contributed by atoms with Crippen LogP contribution in [0.25, 0.3) is 0 Å². The molecule has 0 amide bonds. The van der Waals surface area contributed by atoms with Crippen molar-refractivity contribution in [1.82, 2.24) is 0 Å². The summed E-state index contributed by atoms with van der Waals surface area (Å²) < 4.78 is 11.2. The van der Waals surface area contributed by atoms with Gasteiger partial charge in [-0.2, -0.15) is 12.6 Å². The molecule has 0 heterocycles. The second-order valence-corrected chi connectivity index (χ2v) is 6.23. The Morgan fingerprint density at radius 1 is 1.15 bits per heavy atom. The summed E-state index contributed by atoms with van der Waals surface area (Å²) >= 11 is 4.59. The van der Waals surface area contributed by atoms with Crippen molar-refractivity contribution in [2.75, 3.05) is 19.5 Å². The SMILES string of the molecule is COc1cccc(COCC2(CS)CCCCCC2)c1. The van der Waals surface area contributed by atoms with Gasteiger partial charge in [0.25, 0.3) is 0 Å². The van der Waals surface area contributed by atoms with Crippen molar-refractivity contribution in [3.8, 4) is 5.75 Å². The average Bonchev–Trinajstić information content (AvgIpc) is 2.74. The molecule has 0 bridgehead atoms. The first-order chi connectivity index (χ1) is 9.78. The highest BCUT2D eigenvalue weighted by atomic mass is 32.1. The Bertz CT molecular complexity index is 398. The van der Waals surface area contributed by atoms with Gasteiger partial charge in [0.15, 0.2) is 0 Å². The molecule has 1 aromatic rings. The Morgan fingerprint density at radius 2 is 1.90 bits per heavy atom. The third-order valence-corrected chi connectivity index (χ3v) is 4.98. The van der Waals surface area contributed by atoms with Gasteiger partial charge in [-0.1, -0.05) is 37.8 Å². The van der Waals surface area contributed by atoms with Crippen molar-refractivity contribution in [3.63, 3.8) is 0 Å². The second-order valence-electron chi connectivity index (χ2n) is 5.92. The van der Waals surface area contributed by atoms with E-state index in [1.54, 1.807) is 7.11 Å². The molecule has 0 atom stereocenters. The average molecular weight is 294 g/mol. The molecule has 0 aliphatic heterocycles. The molecule has 1 aliphatic rings. The smallest absolute Gasteiger partial charge is 0.119 e. The molecular weight excluding hydrogens is 268 g/mol. The number of rotatable bonds is 6. The molecule has 0 aromatic heterocycles. The largest absolute Gasteiger partial charge is 0.497 e. The van der Waals surface area contributed by atoms with E-state index in [0.29, 0.717) is 12.0 Å². The Morgan fingerprint density at radius 3 is 2.55 bits per heavy atom. The van der Waals surface area contributed by atoms with Crippen LogP contribution in [0.5, 0.6) is 5.75 Å². The van der Waals surface area contributed by atoms with E-state index < -0.39 is 0 Å². The van der Waals surface area contributed by atoms with E-state index in [4.69, 9.17) is 9.47 Å². The van der Waals surface area contributed by atoms with Gasteiger partial charge in [-0.05, 0) is 36.3 Å². The van der Waals surface area contributed by atoms with E-state index in [-0.39, 0.29) is 0 Å². The van der Waals surface area contributed by atoms with Crippen molar-refractivity contribution in [2.45, 2.75) is 45.1 Å². The van der Waals surface area contributed by atoms with Crippen LogP contribution in [-0.4, -0.2) is 19.5 Å². The summed E-state index contributed by atoms with van der Waals surface area (Å²) in [5, 5.41) is 0. The molecule has 20 heavy (non-hydrogen) atoms. The number of hydrogen-bond acceptors (Lipinski definition) is 3. The fraction of sp³-hybridized carbons (Fsp3) is 0.647. The van der Waals surface area contributed by atoms with Crippen LogP contribution in [0, 0.1) is 5.41 Å². The minimum atomic E-state index is 0.290. The van der Waals surface area contributed by atoms with Gasteiger partial charge in [0.2, 0.25) is 0 Å². The number of ether oxygens (including phenoxy) is 2. The molecule has 2 nitrogen and oxygen atoms in total. The quantitative estimate of drug-likeness (QED) is 0.616. The van der Waals surface area contributed by atoms with Gasteiger partial charge >= 0.3 is 0 Å². The summed E-state index contributed by atoms with van der Waals surface area (Å²) in [6, 6.07) is 8.10. The molecule has 1 saturated carbocycles. The molecule has 1 aromatic carbocycles. The monoisotopic (exact) mass is 294 g/mol. The van der Waals surface area contributed by atoms with Crippen molar-refractivity contribution in [3.05, 3.63) is 29.8 Å². The lowest BCUT2D eigenvalue weighted by Gasteiger charge is -2.30. The Labute approximate surface area is 128 Å². The van der Waals surface area contributed by atoms with Gasteiger partial charge in [-0.15, -0.1) is 0 Å². The topological polar surface area (TPSA) is 18.5 Å². The normalized spacial score (nSPS) is 18.5. The zero-order valence-corrected chi connectivity index (χ0v) is 13.3. The molecule has 0 spiro atoms. The lowest BCUT2D eigenvalue weighted by molar-refractivity contribution is 0.0369. The maximum Gasteiger partial charge on any atom is 0.119 e. The Balaban J connectivity index is 1.86. The van der Waals surface area contributed by atoms with E-state index in [9.17, 15) is 0 Å². The van der Waals surface area contributed by atoms with Gasteiger partial charge < -0.3 is 9.47 Å². The summed E-state index contributed by atoms with van der Waals surface area (Å²) in [6.45, 7) is 1.49. The van der Waals surface area contributed by atoms with Crippen LogP contribution < -0.4 is 4.74 Å². The molecule has 0 N–H and O–H groups in total. The van der Waals surface area contributed by atoms with E-state index >= 15 is 0 Å². The number of thiol groups is 1. The van der Waals surface area contributed by atoms with Crippen molar-refractivity contribution < 1.29 is 9.47 Å². The lowest BCUT2D eigenvalue weighted by atomic mass is 9.83. The third-order valence-electron chi connectivity index (χ3n) is 4.31. The van der Waals surface area contributed by atoms with Crippen molar-refractivity contribution in [2.24, 2.45) is 5.41 Å². The number of benzene rings is 1. The summed E-state index contributed by atoms with van der Waals surface area (Å²) in [5.41, 5.74) is 1.46. The van der Waals surface area contributed by atoms with Crippen LogP contribution in [0.1, 0.15) is 44.1 Å². The standard InChI is InChI=1S/C17H26O2S/c1-18-16-8-6-7-15(11-16)12-19-13-17(14-20)9-4-2-3-5-10-17/h6-8,11,20H,2-5,9-10,12-14H2,1H3. The molecular formula is C17H26O2S. The van der Waals surface area contributed by atoms with Crippen LogP contribution in [0.15, 0.2) is 24.3 Å². The first kappa shape index (κ1) is 15.7. The summed E-state index contributed by atoms with van der Waals surface area (Å²) in [5.74, 6) is 1.83. The zero-order valence-electron chi connectivity index (χ0n) is 12.4. The molecule has 1 fully saturated rings. The molecule has 2 rings (SSSR count). The van der Waals surface area contributed by atoms with Gasteiger partial charge in [0, 0.05) is 5.41 Å². The van der Waals surface area contributed by atoms with Crippen LogP contribution in [-0.2, 0) is 11.3 Å². The van der Waals surface area contributed by atoms with E-state index in [1.165, 1.54) is 44.1 Å². The minimum Gasteiger partial charge on any atom is -0.497 e.